The van der Waals surface area contributed by atoms with Crippen LogP contribution in [0.2, 0.25) is 0 Å². The Morgan fingerprint density at radius 2 is 2.00 bits per heavy atom. The van der Waals surface area contributed by atoms with Gasteiger partial charge in [-0.2, -0.15) is 0 Å². The molecule has 0 radical (unpaired) electrons. The maximum atomic E-state index is 9.11. The molecule has 1 aromatic rings. The van der Waals surface area contributed by atoms with Gasteiger partial charge in [0.1, 0.15) is 0 Å². The molecule has 0 aliphatic heterocycles. The van der Waals surface area contributed by atoms with E-state index in [2.05, 4.69) is 10.3 Å². The number of hydrogen-bond acceptors (Lipinski definition) is 4. The van der Waals surface area contributed by atoms with Crippen molar-refractivity contribution >= 4 is 0 Å². The molecule has 0 aliphatic carbocycles. The number of nitrogens with one attached hydrogen (secondary N) is 1. The van der Waals surface area contributed by atoms with Gasteiger partial charge in [0.05, 0.1) is 18.9 Å². The van der Waals surface area contributed by atoms with Gasteiger partial charge in [-0.25, -0.2) is 0 Å². The van der Waals surface area contributed by atoms with Crippen LogP contribution in [0.25, 0.3) is 0 Å². The average molecular weight is 224 g/mol. The third-order valence-electron chi connectivity index (χ3n) is 2.57. The third-order valence-corrected chi connectivity index (χ3v) is 2.57. The lowest BCUT2D eigenvalue weighted by molar-refractivity contribution is 0.0694. The SMILES string of the molecule is Cc1cccc(CNCC(C)(CO)CO)n1. The van der Waals surface area contributed by atoms with Crippen molar-refractivity contribution in [3.8, 4) is 0 Å². The molecule has 4 nitrogen and oxygen atoms in total. The van der Waals surface area contributed by atoms with E-state index in [0.717, 1.165) is 11.4 Å². The number of aromatic nitrogens is 1. The molecule has 0 aliphatic rings. The summed E-state index contributed by atoms with van der Waals surface area (Å²) in [5.41, 5.74) is 1.49. The van der Waals surface area contributed by atoms with Gasteiger partial charge in [-0.05, 0) is 19.1 Å². The second-order valence-electron chi connectivity index (χ2n) is 4.50. The summed E-state index contributed by atoms with van der Waals surface area (Å²) in [6.07, 6.45) is 0. The van der Waals surface area contributed by atoms with Gasteiger partial charge in [-0.3, -0.25) is 4.98 Å². The van der Waals surface area contributed by atoms with Crippen molar-refractivity contribution in [3.05, 3.63) is 29.6 Å². The van der Waals surface area contributed by atoms with Crippen LogP contribution in [-0.4, -0.2) is 35.0 Å². The number of aliphatic hydroxyl groups is 2. The van der Waals surface area contributed by atoms with Crippen LogP contribution in [-0.2, 0) is 6.54 Å². The molecule has 3 N–H and O–H groups in total. The summed E-state index contributed by atoms with van der Waals surface area (Å²) in [4.78, 5) is 4.36. The molecule has 0 spiro atoms. The van der Waals surface area contributed by atoms with Crippen molar-refractivity contribution in [1.82, 2.24) is 10.3 Å². The van der Waals surface area contributed by atoms with E-state index in [1.54, 1.807) is 0 Å². The van der Waals surface area contributed by atoms with Gasteiger partial charge in [-0.1, -0.05) is 13.0 Å². The quantitative estimate of drug-likeness (QED) is 0.657. The largest absolute Gasteiger partial charge is 0.396 e. The van der Waals surface area contributed by atoms with Crippen molar-refractivity contribution in [2.45, 2.75) is 20.4 Å². The predicted octanol–water partition coefficient (Wildman–Crippen LogP) is 0.471. The Labute approximate surface area is 96.3 Å². The van der Waals surface area contributed by atoms with Gasteiger partial charge in [0.25, 0.3) is 0 Å². The minimum atomic E-state index is -0.468. The van der Waals surface area contributed by atoms with Crippen molar-refractivity contribution in [2.24, 2.45) is 5.41 Å². The zero-order valence-corrected chi connectivity index (χ0v) is 9.90. The molecular weight excluding hydrogens is 204 g/mol. The maximum Gasteiger partial charge on any atom is 0.0544 e. The van der Waals surface area contributed by atoms with Crippen molar-refractivity contribution < 1.29 is 10.2 Å². The van der Waals surface area contributed by atoms with Gasteiger partial charge in [0.15, 0.2) is 0 Å². The topological polar surface area (TPSA) is 65.4 Å². The highest BCUT2D eigenvalue weighted by molar-refractivity contribution is 5.09. The normalized spacial score (nSPS) is 11.8. The molecule has 0 atom stereocenters. The van der Waals surface area contributed by atoms with Crippen LogP contribution in [0.3, 0.4) is 0 Å². The number of nitrogens with zero attached hydrogens (tertiary/aromatic N) is 1. The molecule has 1 rings (SSSR count). The van der Waals surface area contributed by atoms with Crippen LogP contribution in [0.5, 0.6) is 0 Å². The lowest BCUT2D eigenvalue weighted by Crippen LogP contribution is -2.37. The first kappa shape index (κ1) is 13.1. The van der Waals surface area contributed by atoms with Gasteiger partial charge in [0.2, 0.25) is 0 Å². The van der Waals surface area contributed by atoms with Crippen molar-refractivity contribution in [3.63, 3.8) is 0 Å². The number of aliphatic hydroxyl groups excluding tert-OH is 2. The first-order chi connectivity index (χ1) is 7.59. The lowest BCUT2D eigenvalue weighted by Gasteiger charge is -2.24. The summed E-state index contributed by atoms with van der Waals surface area (Å²) in [5, 5.41) is 21.4. The minimum absolute atomic E-state index is 0.0300. The molecule has 0 bridgehead atoms. The summed E-state index contributed by atoms with van der Waals surface area (Å²) in [6, 6.07) is 5.88. The molecular formula is C12H20N2O2. The summed E-state index contributed by atoms with van der Waals surface area (Å²) >= 11 is 0. The van der Waals surface area contributed by atoms with Crippen LogP contribution in [0.15, 0.2) is 18.2 Å². The molecule has 0 saturated heterocycles. The van der Waals surface area contributed by atoms with Crippen LogP contribution in [0.1, 0.15) is 18.3 Å². The Balaban J connectivity index is 2.41. The lowest BCUT2D eigenvalue weighted by atomic mass is 9.93. The first-order valence-electron chi connectivity index (χ1n) is 5.45. The average Bonchev–Trinajstić information content (AvgIpc) is 2.29. The molecule has 4 heteroatoms. The fraction of sp³-hybridized carbons (Fsp3) is 0.583. The zero-order chi connectivity index (χ0) is 12.0. The van der Waals surface area contributed by atoms with Crippen molar-refractivity contribution in [2.75, 3.05) is 19.8 Å². The Morgan fingerprint density at radius 1 is 1.31 bits per heavy atom. The minimum Gasteiger partial charge on any atom is -0.396 e. The highest BCUT2D eigenvalue weighted by Crippen LogP contribution is 2.12. The predicted molar refractivity (Wildman–Crippen MR) is 63.0 cm³/mol. The monoisotopic (exact) mass is 224 g/mol. The molecule has 0 fully saturated rings. The standard InChI is InChI=1S/C12H20N2O2/c1-10-4-3-5-11(14-10)6-13-7-12(2,8-15)9-16/h3-5,13,15-16H,6-9H2,1-2H3. The van der Waals surface area contributed by atoms with E-state index in [-0.39, 0.29) is 13.2 Å². The number of pyridine rings is 1. The first-order valence-corrected chi connectivity index (χ1v) is 5.45. The van der Waals surface area contributed by atoms with E-state index in [1.165, 1.54) is 0 Å². The van der Waals surface area contributed by atoms with E-state index < -0.39 is 5.41 Å². The molecule has 1 heterocycles. The third kappa shape index (κ3) is 3.89. The van der Waals surface area contributed by atoms with Crippen LogP contribution >= 0.6 is 0 Å². The van der Waals surface area contributed by atoms with E-state index in [4.69, 9.17) is 10.2 Å². The van der Waals surface area contributed by atoms with E-state index in [9.17, 15) is 0 Å². The number of aryl methyl sites for hydroxylation is 1. The second-order valence-corrected chi connectivity index (χ2v) is 4.50. The molecule has 0 aromatic carbocycles. The fourth-order valence-electron chi connectivity index (χ4n) is 1.35. The molecule has 16 heavy (non-hydrogen) atoms. The molecule has 90 valence electrons. The van der Waals surface area contributed by atoms with E-state index in [0.29, 0.717) is 13.1 Å². The Bertz CT molecular complexity index is 325. The van der Waals surface area contributed by atoms with Crippen LogP contribution in [0, 0.1) is 12.3 Å². The summed E-state index contributed by atoms with van der Waals surface area (Å²) in [6.45, 7) is 4.95. The molecule has 0 saturated carbocycles. The van der Waals surface area contributed by atoms with Gasteiger partial charge in [-0.15, -0.1) is 0 Å². The fourth-order valence-corrected chi connectivity index (χ4v) is 1.35. The smallest absolute Gasteiger partial charge is 0.0544 e. The van der Waals surface area contributed by atoms with Gasteiger partial charge < -0.3 is 15.5 Å². The summed E-state index contributed by atoms with van der Waals surface area (Å²) in [5.74, 6) is 0. The van der Waals surface area contributed by atoms with Crippen LogP contribution < -0.4 is 5.32 Å². The van der Waals surface area contributed by atoms with Crippen molar-refractivity contribution in [1.29, 1.82) is 0 Å². The maximum absolute atomic E-state index is 9.11. The molecule has 0 amide bonds. The zero-order valence-electron chi connectivity index (χ0n) is 9.90. The second kappa shape index (κ2) is 5.94. The number of hydrogen-bond donors (Lipinski definition) is 3. The summed E-state index contributed by atoms with van der Waals surface area (Å²) in [7, 11) is 0. The Morgan fingerprint density at radius 3 is 2.56 bits per heavy atom. The van der Waals surface area contributed by atoms with E-state index >= 15 is 0 Å². The highest BCUT2D eigenvalue weighted by Gasteiger charge is 2.21. The Kier molecular flexibility index (Phi) is 4.86. The Hall–Kier alpha value is -0.970. The van der Waals surface area contributed by atoms with Crippen LogP contribution in [0.4, 0.5) is 0 Å². The number of rotatable bonds is 6. The van der Waals surface area contributed by atoms with Gasteiger partial charge >= 0.3 is 0 Å². The summed E-state index contributed by atoms with van der Waals surface area (Å²) < 4.78 is 0. The van der Waals surface area contributed by atoms with E-state index in [1.807, 2.05) is 32.0 Å². The molecule has 0 unspecified atom stereocenters. The van der Waals surface area contributed by atoms with Gasteiger partial charge in [0, 0.05) is 24.2 Å². The molecule has 1 aromatic heterocycles. The highest BCUT2D eigenvalue weighted by atomic mass is 16.3.